The van der Waals surface area contributed by atoms with E-state index in [1.54, 1.807) is 0 Å². The summed E-state index contributed by atoms with van der Waals surface area (Å²) in [5.41, 5.74) is 24.2. The first-order valence-corrected chi connectivity index (χ1v) is 30.0. The highest BCUT2D eigenvalue weighted by Gasteiger charge is 2.21. The van der Waals surface area contributed by atoms with Gasteiger partial charge in [0.15, 0.2) is 0 Å². The van der Waals surface area contributed by atoms with E-state index in [0.29, 0.717) is 22.3 Å². The van der Waals surface area contributed by atoms with Gasteiger partial charge >= 0.3 is 0 Å². The molecule has 16 aromatic rings. The zero-order valence-electron chi connectivity index (χ0n) is 48.8. The number of para-hydroxylation sites is 5. The van der Waals surface area contributed by atoms with Crippen molar-refractivity contribution < 1.29 is 0 Å². The summed E-state index contributed by atoms with van der Waals surface area (Å²) < 4.78 is 7.13. The molecule has 4 heteroatoms. The Kier molecular flexibility index (Phi) is 12.7. The monoisotopic (exact) mass is 1140 g/mol. The maximum absolute atomic E-state index is 6.04. The lowest BCUT2D eigenvalue weighted by atomic mass is 9.88. The topological polar surface area (TPSA) is 18.0 Å². The molecule has 90 heavy (non-hydrogen) atoms. The van der Waals surface area contributed by atoms with Crippen LogP contribution in [0.25, 0.3) is 127 Å². The smallest absolute Gasteiger partial charge is 0.0541 e. The molecule has 0 aliphatic rings. The Morgan fingerprint density at radius 1 is 0.222 bits per heavy atom. The third-order valence-electron chi connectivity index (χ3n) is 17.8. The Morgan fingerprint density at radius 2 is 0.544 bits per heavy atom. The first-order chi connectivity index (χ1) is 44.4. The van der Waals surface area contributed by atoms with Crippen LogP contribution in [0.3, 0.4) is 0 Å². The van der Waals surface area contributed by atoms with E-state index < -0.39 is 0 Å². The van der Waals surface area contributed by atoms with Gasteiger partial charge in [0.25, 0.3) is 0 Å². The Balaban J connectivity index is 0.777. The highest BCUT2D eigenvalue weighted by molar-refractivity contribution is 6.12. The van der Waals surface area contributed by atoms with Gasteiger partial charge in [-0.3, -0.25) is 0 Å². The molecule has 0 saturated heterocycles. The largest absolute Gasteiger partial charge is 0.310 e. The second kappa shape index (κ2) is 21.7. The van der Waals surface area contributed by atoms with Gasteiger partial charge in [0.1, 0.15) is 0 Å². The molecule has 416 valence electrons. The van der Waals surface area contributed by atoms with E-state index in [-0.39, 0.29) is 0 Å². The Labute approximate surface area is 522 Å². The fourth-order valence-electron chi connectivity index (χ4n) is 13.5. The van der Waals surface area contributed by atoms with Crippen molar-refractivity contribution in [1.29, 1.82) is 0 Å². The summed E-state index contributed by atoms with van der Waals surface area (Å²) >= 11 is 0. The average molecular weight is 1140 g/mol. The zero-order valence-corrected chi connectivity index (χ0v) is 48.8. The van der Waals surface area contributed by atoms with Gasteiger partial charge < -0.3 is 18.6 Å². The third kappa shape index (κ3) is 8.72. The molecule has 0 fully saturated rings. The van der Waals surface area contributed by atoms with Crippen molar-refractivity contribution in [2.75, 3.05) is 4.90 Å². The summed E-state index contributed by atoms with van der Waals surface area (Å²) in [7, 11) is 0. The zero-order chi connectivity index (χ0) is 60.4. The van der Waals surface area contributed by atoms with Crippen LogP contribution >= 0.6 is 0 Å². The van der Waals surface area contributed by atoms with Gasteiger partial charge in [0.05, 0.1) is 33.1 Å². The van der Waals surface area contributed by atoms with Crippen LogP contribution in [0, 0.1) is 49.4 Å². The molecule has 0 aliphatic heterocycles. The van der Waals surface area contributed by atoms with Crippen molar-refractivity contribution in [2.24, 2.45) is 0 Å². The molecule has 3 heterocycles. The van der Waals surface area contributed by atoms with Crippen LogP contribution < -0.4 is 4.90 Å². The molecule has 0 saturated carbocycles. The number of hydrogen-bond acceptors (Lipinski definition) is 1. The molecule has 0 atom stereocenters. The van der Waals surface area contributed by atoms with E-state index in [1.807, 2.05) is 36.4 Å². The summed E-state index contributed by atoms with van der Waals surface area (Å²) in [6, 6.07) is 104. The van der Waals surface area contributed by atoms with Crippen LogP contribution in [-0.4, -0.2) is 13.7 Å². The number of terminal acetylenes is 4. The number of aromatic nitrogens is 3. The molecule has 0 unspecified atom stereocenters. The normalized spacial score (nSPS) is 11.3. The second-order valence-corrected chi connectivity index (χ2v) is 22.6. The molecular weight excluding hydrogens is 1090 g/mol. The van der Waals surface area contributed by atoms with Crippen molar-refractivity contribution in [3.63, 3.8) is 0 Å². The van der Waals surface area contributed by atoms with Crippen molar-refractivity contribution in [3.05, 3.63) is 313 Å². The summed E-state index contributed by atoms with van der Waals surface area (Å²) in [6.45, 7) is 0. The van der Waals surface area contributed by atoms with E-state index in [9.17, 15) is 0 Å². The van der Waals surface area contributed by atoms with Crippen LogP contribution in [0.1, 0.15) is 22.3 Å². The lowest BCUT2D eigenvalue weighted by Crippen LogP contribution is -2.10. The molecule has 16 rings (SSSR count). The standard InChI is InChI=1S/C86H52N4/c1-5-57-32-34-62(52-59(57)7-3)63-36-50-73(79(55-63)66-35-33-58(6-2)60(8-4)53-66)65-21-19-20-61(54-65)64-37-51-86-80(56-64)78-26-13-18-31-85(78)90(86)72-48-42-69(43-49-72)87(67-38-44-70(45-39-67)88-81-27-14-9-22-74(81)75-23-10-15-28-82(75)88)68-40-46-71(47-41-68)89-83-29-16-11-24-76(83)77-25-12-17-30-84(77)89/h1-4,9-56H. The first kappa shape index (κ1) is 52.8. The van der Waals surface area contributed by atoms with Gasteiger partial charge in [-0.05, 0) is 196 Å². The van der Waals surface area contributed by atoms with E-state index >= 15 is 0 Å². The van der Waals surface area contributed by atoms with Crippen molar-refractivity contribution in [3.8, 4) is 111 Å². The van der Waals surface area contributed by atoms with E-state index in [1.165, 1.54) is 49.0 Å². The highest BCUT2D eigenvalue weighted by atomic mass is 15.1. The molecule has 0 amide bonds. The fourth-order valence-corrected chi connectivity index (χ4v) is 13.5. The van der Waals surface area contributed by atoms with Gasteiger partial charge in [-0.25, -0.2) is 0 Å². The Bertz CT molecular complexity index is 5490. The minimum absolute atomic E-state index is 0.662. The van der Waals surface area contributed by atoms with Crippen LogP contribution in [0.5, 0.6) is 0 Å². The van der Waals surface area contributed by atoms with E-state index in [2.05, 4.69) is 297 Å². The number of rotatable bonds is 10. The maximum Gasteiger partial charge on any atom is 0.0541 e. The number of anilines is 3. The number of nitrogens with zero attached hydrogens (tertiary/aromatic N) is 4. The molecule has 0 bridgehead atoms. The van der Waals surface area contributed by atoms with Crippen LogP contribution in [-0.2, 0) is 0 Å². The van der Waals surface area contributed by atoms with E-state index in [0.717, 1.165) is 95.1 Å². The van der Waals surface area contributed by atoms with Gasteiger partial charge in [-0.1, -0.05) is 163 Å². The lowest BCUT2D eigenvalue weighted by molar-refractivity contribution is 1.16. The van der Waals surface area contributed by atoms with Gasteiger partial charge in [0, 0.05) is 88.7 Å². The molecule has 0 radical (unpaired) electrons. The first-order valence-electron chi connectivity index (χ1n) is 30.0. The summed E-state index contributed by atoms with van der Waals surface area (Å²) in [5.74, 6) is 11.1. The molecular formula is C86H52N4. The van der Waals surface area contributed by atoms with E-state index in [4.69, 9.17) is 25.7 Å². The molecule has 13 aromatic carbocycles. The Hall–Kier alpha value is -12.7. The summed E-state index contributed by atoms with van der Waals surface area (Å²) in [6.07, 6.45) is 23.7. The van der Waals surface area contributed by atoms with Crippen LogP contribution in [0.4, 0.5) is 17.1 Å². The number of benzene rings is 13. The number of hydrogen-bond donors (Lipinski definition) is 0. The van der Waals surface area contributed by atoms with Crippen molar-refractivity contribution in [1.82, 2.24) is 13.7 Å². The second-order valence-electron chi connectivity index (χ2n) is 22.6. The number of fused-ring (bicyclic) bond motifs is 9. The minimum Gasteiger partial charge on any atom is -0.310 e. The van der Waals surface area contributed by atoms with Gasteiger partial charge in [-0.15, -0.1) is 25.7 Å². The van der Waals surface area contributed by atoms with Gasteiger partial charge in [-0.2, -0.15) is 0 Å². The predicted molar refractivity (Wildman–Crippen MR) is 378 cm³/mol. The minimum atomic E-state index is 0.662. The van der Waals surface area contributed by atoms with Crippen LogP contribution in [0.15, 0.2) is 291 Å². The molecule has 3 aromatic heterocycles. The van der Waals surface area contributed by atoms with Crippen molar-refractivity contribution in [2.45, 2.75) is 0 Å². The lowest BCUT2D eigenvalue weighted by Gasteiger charge is -2.26. The van der Waals surface area contributed by atoms with Gasteiger partial charge in [0.2, 0.25) is 0 Å². The summed E-state index contributed by atoms with van der Waals surface area (Å²) in [4.78, 5) is 2.36. The molecule has 0 aliphatic carbocycles. The maximum atomic E-state index is 6.04. The van der Waals surface area contributed by atoms with Crippen LogP contribution in [0.2, 0.25) is 0 Å². The summed E-state index contributed by atoms with van der Waals surface area (Å²) in [5, 5.41) is 7.28. The molecule has 4 nitrogen and oxygen atoms in total. The highest BCUT2D eigenvalue weighted by Crippen LogP contribution is 2.43. The Morgan fingerprint density at radius 3 is 0.989 bits per heavy atom. The molecule has 0 N–H and O–H groups in total. The molecule has 0 spiro atoms. The SMILES string of the molecule is C#Cc1ccc(-c2ccc(-c3cccc(-c4ccc5c(c4)c4ccccc4n5-c4ccc(N(c5ccc(-n6c7ccccc7c7ccccc76)cc5)c5ccc(-n6c7ccccc7c7ccccc76)cc5)cc4)c3)c(-c3ccc(C#C)c(C#C)c3)c2)cc1C#C. The van der Waals surface area contributed by atoms with Crippen molar-refractivity contribution >= 4 is 82.5 Å². The predicted octanol–water partition coefficient (Wildman–Crippen LogP) is 21.0. The third-order valence-corrected chi connectivity index (χ3v) is 17.8. The average Bonchev–Trinajstić information content (AvgIpc) is 1.78. The quantitative estimate of drug-likeness (QED) is 0.125. The fraction of sp³-hybridized carbons (Fsp3) is 0.